The normalized spacial score (nSPS) is 11.5. The summed E-state index contributed by atoms with van der Waals surface area (Å²) >= 11 is 9.15. The average Bonchev–Trinajstić information content (AvgIpc) is 3.55. The number of fused-ring (bicyclic) bond motifs is 1. The molecule has 0 aliphatic heterocycles. The number of hydrogen-bond donors (Lipinski definition) is 0. The Balaban J connectivity index is 1.45. The zero-order valence-electron chi connectivity index (χ0n) is 17.9. The van der Waals surface area contributed by atoms with E-state index in [4.69, 9.17) is 25.4 Å². The molecule has 0 atom stereocenters. The maximum Gasteiger partial charge on any atom is 0.262 e. The molecule has 0 N–H and O–H groups in total. The van der Waals surface area contributed by atoms with E-state index in [0.29, 0.717) is 44.4 Å². The summed E-state index contributed by atoms with van der Waals surface area (Å²) in [5, 5.41) is 9.94. The maximum absolute atomic E-state index is 13.2. The second-order valence-corrected chi connectivity index (χ2v) is 9.90. The zero-order valence-corrected chi connectivity index (χ0v) is 20.3. The number of aryl methyl sites for hydroxylation is 2. The monoisotopic (exact) mass is 498 g/mol. The van der Waals surface area contributed by atoms with Crippen molar-refractivity contribution >= 4 is 45.6 Å². The predicted octanol–water partition coefficient (Wildman–Crippen LogP) is 5.97. The van der Waals surface area contributed by atoms with E-state index >= 15 is 0 Å². The van der Waals surface area contributed by atoms with Crippen LogP contribution in [-0.4, -0.2) is 19.7 Å². The molecule has 0 aliphatic rings. The molecule has 33 heavy (non-hydrogen) atoms. The van der Waals surface area contributed by atoms with Gasteiger partial charge in [-0.15, -0.1) is 21.5 Å². The molecule has 4 aromatic heterocycles. The lowest BCUT2D eigenvalue weighted by atomic mass is 10.2. The van der Waals surface area contributed by atoms with Crippen LogP contribution in [0.5, 0.6) is 0 Å². The molecule has 0 saturated carbocycles. The van der Waals surface area contributed by atoms with Crippen molar-refractivity contribution in [2.45, 2.75) is 37.7 Å². The number of aromatic nitrogens is 4. The maximum atomic E-state index is 13.2. The first kappa shape index (κ1) is 21.9. The molecule has 0 aliphatic carbocycles. The van der Waals surface area contributed by atoms with Crippen LogP contribution in [0, 0.1) is 6.92 Å². The van der Waals surface area contributed by atoms with Crippen molar-refractivity contribution in [2.75, 3.05) is 0 Å². The quantitative estimate of drug-likeness (QED) is 0.202. The predicted molar refractivity (Wildman–Crippen MR) is 130 cm³/mol. The van der Waals surface area contributed by atoms with E-state index in [-0.39, 0.29) is 12.1 Å². The highest BCUT2D eigenvalue weighted by molar-refractivity contribution is 7.98. The first-order valence-corrected chi connectivity index (χ1v) is 12.5. The summed E-state index contributed by atoms with van der Waals surface area (Å²) in [6.45, 7) is 4.48. The molecule has 4 heterocycles. The Bertz CT molecular complexity index is 1490. The largest absolute Gasteiger partial charge is 0.467 e. The molecule has 0 unspecified atom stereocenters. The van der Waals surface area contributed by atoms with Crippen molar-refractivity contribution in [3.63, 3.8) is 0 Å². The smallest absolute Gasteiger partial charge is 0.262 e. The minimum atomic E-state index is -0.164. The van der Waals surface area contributed by atoms with E-state index in [9.17, 15) is 4.79 Å². The van der Waals surface area contributed by atoms with Crippen molar-refractivity contribution in [3.05, 3.63) is 80.1 Å². The summed E-state index contributed by atoms with van der Waals surface area (Å²) in [5.41, 5.74) is 1.61. The molecule has 0 radical (unpaired) electrons. The fourth-order valence-corrected chi connectivity index (χ4v) is 5.53. The third-order valence-corrected chi connectivity index (χ3v) is 7.69. The molecule has 0 bridgehead atoms. The number of nitrogens with zero attached hydrogens (tertiary/aromatic N) is 4. The van der Waals surface area contributed by atoms with Crippen LogP contribution in [-0.2, 0) is 18.7 Å². The number of furan rings is 1. The van der Waals surface area contributed by atoms with Crippen LogP contribution in [0.25, 0.3) is 21.7 Å². The van der Waals surface area contributed by atoms with Gasteiger partial charge in [0.05, 0.1) is 34.3 Å². The molecule has 0 amide bonds. The topological polar surface area (TPSA) is 87.0 Å². The Morgan fingerprint density at radius 2 is 2.09 bits per heavy atom. The van der Waals surface area contributed by atoms with Crippen LogP contribution in [0.1, 0.15) is 29.0 Å². The Morgan fingerprint density at radius 1 is 1.21 bits per heavy atom. The molecule has 0 saturated heterocycles. The minimum Gasteiger partial charge on any atom is -0.467 e. The minimum absolute atomic E-state index is 0.164. The SMILES string of the molecule is CCc1sc(-c2nnc(CSc3nc4cc(Cl)ccc4c(=O)n3Cc3ccco3)o2)cc1C. The van der Waals surface area contributed by atoms with Gasteiger partial charge in [-0.2, -0.15) is 0 Å². The molecule has 1 aromatic carbocycles. The van der Waals surface area contributed by atoms with Gasteiger partial charge in [0.25, 0.3) is 11.4 Å². The zero-order chi connectivity index (χ0) is 22.9. The molecular formula is C23H19ClN4O3S2. The van der Waals surface area contributed by atoms with Crippen molar-refractivity contribution < 1.29 is 8.83 Å². The number of benzene rings is 1. The summed E-state index contributed by atoms with van der Waals surface area (Å²) in [7, 11) is 0. The van der Waals surface area contributed by atoms with Gasteiger partial charge < -0.3 is 8.83 Å². The molecule has 10 heteroatoms. The Morgan fingerprint density at radius 3 is 2.85 bits per heavy atom. The van der Waals surface area contributed by atoms with Crippen LogP contribution in [0.2, 0.25) is 5.02 Å². The lowest BCUT2D eigenvalue weighted by molar-refractivity contribution is 0.476. The lowest BCUT2D eigenvalue weighted by Crippen LogP contribution is -2.23. The van der Waals surface area contributed by atoms with Gasteiger partial charge >= 0.3 is 0 Å². The van der Waals surface area contributed by atoms with Gasteiger partial charge in [0.1, 0.15) is 5.76 Å². The molecule has 168 valence electrons. The second kappa shape index (κ2) is 9.17. The molecule has 7 nitrogen and oxygen atoms in total. The van der Waals surface area contributed by atoms with Gasteiger partial charge in [-0.1, -0.05) is 30.3 Å². The van der Waals surface area contributed by atoms with Gasteiger partial charge in [0.2, 0.25) is 5.89 Å². The molecular weight excluding hydrogens is 480 g/mol. The summed E-state index contributed by atoms with van der Waals surface area (Å²) in [6.07, 6.45) is 2.55. The Kier molecular flexibility index (Phi) is 6.09. The van der Waals surface area contributed by atoms with Crippen LogP contribution >= 0.6 is 34.7 Å². The van der Waals surface area contributed by atoms with Gasteiger partial charge in [-0.05, 0) is 55.3 Å². The fourth-order valence-electron chi connectivity index (χ4n) is 3.50. The van der Waals surface area contributed by atoms with Crippen molar-refractivity contribution in [3.8, 4) is 10.8 Å². The van der Waals surface area contributed by atoms with Gasteiger partial charge in [0.15, 0.2) is 5.16 Å². The highest BCUT2D eigenvalue weighted by Crippen LogP contribution is 2.32. The third-order valence-electron chi connectivity index (χ3n) is 5.12. The molecule has 0 fully saturated rings. The number of thiophene rings is 1. The Hall–Kier alpha value is -2.88. The standard InChI is InChI=1S/C23H19ClN4O3S2/c1-3-18-13(2)9-19(33-18)21-27-26-20(31-21)12-32-23-25-17-10-14(24)6-7-16(17)22(29)28(23)11-15-5-4-8-30-15/h4-10H,3,11-12H2,1-2H3. The van der Waals surface area contributed by atoms with Crippen LogP contribution in [0.15, 0.2) is 61.4 Å². The van der Waals surface area contributed by atoms with Gasteiger partial charge in [-0.3, -0.25) is 9.36 Å². The van der Waals surface area contributed by atoms with E-state index in [0.717, 1.165) is 11.3 Å². The average molecular weight is 499 g/mol. The first-order valence-electron chi connectivity index (χ1n) is 10.3. The number of halogens is 1. The summed E-state index contributed by atoms with van der Waals surface area (Å²) in [5.74, 6) is 2.00. The fraction of sp³-hybridized carbons (Fsp3) is 0.217. The molecule has 5 rings (SSSR count). The summed E-state index contributed by atoms with van der Waals surface area (Å²) in [6, 6.07) is 10.8. The number of hydrogen-bond acceptors (Lipinski definition) is 8. The van der Waals surface area contributed by atoms with Crippen molar-refractivity contribution in [2.24, 2.45) is 0 Å². The van der Waals surface area contributed by atoms with E-state index in [1.165, 1.54) is 22.2 Å². The van der Waals surface area contributed by atoms with Crippen molar-refractivity contribution in [1.82, 2.24) is 19.7 Å². The third kappa shape index (κ3) is 4.48. The van der Waals surface area contributed by atoms with E-state index in [1.807, 2.05) is 6.07 Å². The Labute approximate surface area is 202 Å². The highest BCUT2D eigenvalue weighted by Gasteiger charge is 2.17. The van der Waals surface area contributed by atoms with Crippen LogP contribution in [0.3, 0.4) is 0 Å². The number of thioether (sulfide) groups is 1. The van der Waals surface area contributed by atoms with E-state index in [1.54, 1.807) is 46.4 Å². The van der Waals surface area contributed by atoms with Crippen LogP contribution in [0.4, 0.5) is 0 Å². The summed E-state index contributed by atoms with van der Waals surface area (Å²) in [4.78, 5) is 20.2. The summed E-state index contributed by atoms with van der Waals surface area (Å²) < 4.78 is 12.9. The van der Waals surface area contributed by atoms with E-state index < -0.39 is 0 Å². The van der Waals surface area contributed by atoms with E-state index in [2.05, 4.69) is 30.1 Å². The second-order valence-electron chi connectivity index (χ2n) is 7.39. The van der Waals surface area contributed by atoms with Crippen LogP contribution < -0.4 is 5.56 Å². The molecule has 5 aromatic rings. The molecule has 0 spiro atoms. The lowest BCUT2D eigenvalue weighted by Gasteiger charge is -2.11. The van der Waals surface area contributed by atoms with Gasteiger partial charge in [-0.25, -0.2) is 4.98 Å². The number of rotatable bonds is 7. The van der Waals surface area contributed by atoms with Crippen molar-refractivity contribution in [1.29, 1.82) is 0 Å². The van der Waals surface area contributed by atoms with Gasteiger partial charge in [0, 0.05) is 9.90 Å². The highest BCUT2D eigenvalue weighted by atomic mass is 35.5. The first-order chi connectivity index (χ1) is 16.0.